The van der Waals surface area contributed by atoms with E-state index >= 15 is 0 Å². The molecule has 7 nitrogen and oxygen atoms in total. The molecule has 7 heteroatoms. The molecule has 3 N–H and O–H groups in total. The van der Waals surface area contributed by atoms with Crippen LogP contribution < -0.4 is 10.1 Å². The van der Waals surface area contributed by atoms with Crippen LogP contribution >= 0.6 is 0 Å². The van der Waals surface area contributed by atoms with E-state index in [2.05, 4.69) is 5.32 Å². The summed E-state index contributed by atoms with van der Waals surface area (Å²) < 4.78 is 10.0. The van der Waals surface area contributed by atoms with E-state index in [0.717, 1.165) is 0 Å². The number of alkyl carbamates (subject to hydrolysis) is 1. The number of carbonyl (C=O) groups is 2. The molecule has 0 saturated carbocycles. The molecular weight excluding hydrogens is 276 g/mol. The summed E-state index contributed by atoms with van der Waals surface area (Å²) in [5.41, 5.74) is -0.192. The quantitative estimate of drug-likeness (QED) is 0.581. The summed E-state index contributed by atoms with van der Waals surface area (Å²) in [7, 11) is 0. The molecule has 0 radical (unpaired) electrons. The summed E-state index contributed by atoms with van der Waals surface area (Å²) in [6, 6.07) is 6.11. The molecule has 1 rings (SSSR count). The summed E-state index contributed by atoms with van der Waals surface area (Å²) in [5.74, 6) is -0.821. The average molecular weight is 294 g/mol. The lowest BCUT2D eigenvalue weighted by atomic mass is 10.2. The number of carbonyl (C=O) groups excluding carboxylic acids is 1. The maximum absolute atomic E-state index is 11.5. The fourth-order valence-corrected chi connectivity index (χ4v) is 1.34. The van der Waals surface area contributed by atoms with Gasteiger partial charge in [-0.2, -0.15) is 0 Å². The summed E-state index contributed by atoms with van der Waals surface area (Å²) in [6.45, 7) is 4.74. The summed E-state index contributed by atoms with van der Waals surface area (Å²) >= 11 is 0. The fraction of sp³-hybridized carbons (Fsp3) is 0.357. The number of hydrogen-bond donors (Lipinski definition) is 3. The number of amides is 1. The van der Waals surface area contributed by atoms with Crippen LogP contribution in [0.4, 0.5) is 4.79 Å². The van der Waals surface area contributed by atoms with Gasteiger partial charge < -0.3 is 14.6 Å². The third-order valence-electron chi connectivity index (χ3n) is 2.13. The van der Waals surface area contributed by atoms with Gasteiger partial charge in [-0.15, -0.1) is 0 Å². The van der Waals surface area contributed by atoms with Gasteiger partial charge >= 0.3 is 12.1 Å². The third kappa shape index (κ3) is 6.42. The van der Waals surface area contributed by atoms with Gasteiger partial charge in [0, 0.05) is 5.56 Å². The minimum absolute atomic E-state index is 0.117. The minimum atomic E-state index is -1.07. The fourth-order valence-electron chi connectivity index (χ4n) is 1.34. The van der Waals surface area contributed by atoms with Crippen molar-refractivity contribution in [3.05, 3.63) is 29.8 Å². The molecule has 114 valence electrons. The smallest absolute Gasteiger partial charge is 0.413 e. The van der Waals surface area contributed by atoms with Crippen LogP contribution in [0.5, 0.6) is 5.75 Å². The average Bonchev–Trinajstić information content (AvgIpc) is 2.34. The highest BCUT2D eigenvalue weighted by Gasteiger charge is 2.17. The highest BCUT2D eigenvalue weighted by Crippen LogP contribution is 2.12. The number of hydrogen-bond acceptors (Lipinski definition) is 5. The van der Waals surface area contributed by atoms with Crippen LogP contribution in [0.3, 0.4) is 0 Å². The molecule has 0 aromatic heterocycles. The Morgan fingerprint density at radius 1 is 1.24 bits per heavy atom. The lowest BCUT2D eigenvalue weighted by Crippen LogP contribution is -2.36. The normalized spacial score (nSPS) is 10.6. The van der Waals surface area contributed by atoms with Gasteiger partial charge in [-0.25, -0.2) is 9.59 Å². The minimum Gasteiger partial charge on any atom is -0.482 e. The van der Waals surface area contributed by atoms with Crippen molar-refractivity contribution >= 4 is 17.9 Å². The Morgan fingerprint density at radius 3 is 2.29 bits per heavy atom. The zero-order chi connectivity index (χ0) is 16.0. The molecule has 0 bridgehead atoms. The number of nitrogens with one attached hydrogen (secondary N) is 2. The predicted octanol–water partition coefficient (Wildman–Crippen LogP) is 2.00. The number of aliphatic carboxylic acids is 1. The lowest BCUT2D eigenvalue weighted by Gasteiger charge is -2.19. The molecule has 1 amide bonds. The van der Waals surface area contributed by atoms with Gasteiger partial charge in [0.1, 0.15) is 17.2 Å². The number of ether oxygens (including phenoxy) is 2. The van der Waals surface area contributed by atoms with Crippen molar-refractivity contribution in [2.75, 3.05) is 6.61 Å². The second-order valence-electron chi connectivity index (χ2n) is 5.21. The molecule has 0 spiro atoms. The molecule has 21 heavy (non-hydrogen) atoms. The Morgan fingerprint density at radius 2 is 1.81 bits per heavy atom. The second-order valence-corrected chi connectivity index (χ2v) is 5.21. The zero-order valence-corrected chi connectivity index (χ0v) is 12.1. The number of rotatable bonds is 4. The van der Waals surface area contributed by atoms with Crippen molar-refractivity contribution < 1.29 is 24.2 Å². The van der Waals surface area contributed by atoms with Crippen LogP contribution in [0.2, 0.25) is 0 Å². The van der Waals surface area contributed by atoms with E-state index in [4.69, 9.17) is 20.0 Å². The molecule has 0 atom stereocenters. The number of carboxylic acid groups (broad SMARTS) is 1. The van der Waals surface area contributed by atoms with Crippen LogP contribution in [-0.4, -0.2) is 35.2 Å². The van der Waals surface area contributed by atoms with E-state index in [1.54, 1.807) is 20.8 Å². The first-order chi connectivity index (χ1) is 9.67. The molecule has 0 aliphatic rings. The maximum Gasteiger partial charge on any atom is 0.413 e. The van der Waals surface area contributed by atoms with Crippen LogP contribution in [0.1, 0.15) is 26.3 Å². The highest BCUT2D eigenvalue weighted by molar-refractivity contribution is 6.04. The Kier molecular flexibility index (Phi) is 5.29. The molecule has 1 aromatic rings. The number of carboxylic acids is 1. The van der Waals surface area contributed by atoms with Gasteiger partial charge in [0.25, 0.3) is 0 Å². The Hall–Kier alpha value is -2.57. The Labute approximate surface area is 122 Å². The predicted molar refractivity (Wildman–Crippen MR) is 75.8 cm³/mol. The van der Waals surface area contributed by atoms with Crippen molar-refractivity contribution in [2.24, 2.45) is 0 Å². The Bertz CT molecular complexity index is 531. The molecule has 1 aromatic carbocycles. The van der Waals surface area contributed by atoms with Gasteiger partial charge in [-0.05, 0) is 45.0 Å². The molecular formula is C14H18N2O5. The topological polar surface area (TPSA) is 109 Å². The monoisotopic (exact) mass is 294 g/mol. The standard InChI is InChI=1S/C14H18N2O5/c1-14(2,3)21-13(19)16-12(15)9-4-6-10(7-5-9)20-8-11(17)18/h4-7H,8H2,1-3H3,(H,17,18)(H2,15,16,19). The van der Waals surface area contributed by atoms with E-state index in [1.165, 1.54) is 24.3 Å². The molecule has 0 aliphatic heterocycles. The van der Waals surface area contributed by atoms with Gasteiger partial charge in [0.15, 0.2) is 6.61 Å². The van der Waals surface area contributed by atoms with Crippen LogP contribution in [0, 0.1) is 5.41 Å². The van der Waals surface area contributed by atoms with Crippen molar-refractivity contribution in [2.45, 2.75) is 26.4 Å². The van der Waals surface area contributed by atoms with Crippen molar-refractivity contribution in [3.63, 3.8) is 0 Å². The van der Waals surface area contributed by atoms with Crippen molar-refractivity contribution in [3.8, 4) is 5.75 Å². The van der Waals surface area contributed by atoms with Crippen molar-refractivity contribution in [1.82, 2.24) is 5.32 Å². The van der Waals surface area contributed by atoms with Gasteiger partial charge in [0.05, 0.1) is 0 Å². The molecule has 0 heterocycles. The number of amidine groups is 1. The second kappa shape index (κ2) is 6.74. The summed E-state index contributed by atoms with van der Waals surface area (Å²) in [5, 5.41) is 18.6. The van der Waals surface area contributed by atoms with E-state index in [9.17, 15) is 9.59 Å². The van der Waals surface area contributed by atoms with Gasteiger partial charge in [-0.3, -0.25) is 10.7 Å². The SMILES string of the molecule is CC(C)(C)OC(=O)NC(=N)c1ccc(OCC(=O)O)cc1. The first-order valence-electron chi connectivity index (χ1n) is 6.21. The van der Waals surface area contributed by atoms with Gasteiger partial charge in [0.2, 0.25) is 0 Å². The summed E-state index contributed by atoms with van der Waals surface area (Å²) in [6.07, 6.45) is -0.710. The van der Waals surface area contributed by atoms with Crippen molar-refractivity contribution in [1.29, 1.82) is 5.41 Å². The molecule has 0 unspecified atom stereocenters. The molecule has 0 saturated heterocycles. The maximum atomic E-state index is 11.5. The van der Waals surface area contributed by atoms with E-state index in [0.29, 0.717) is 11.3 Å². The molecule has 0 fully saturated rings. The largest absolute Gasteiger partial charge is 0.482 e. The van der Waals surface area contributed by atoms with E-state index in [1.807, 2.05) is 0 Å². The lowest BCUT2D eigenvalue weighted by molar-refractivity contribution is -0.139. The number of benzene rings is 1. The van der Waals surface area contributed by atoms with Crippen LogP contribution in [0.25, 0.3) is 0 Å². The van der Waals surface area contributed by atoms with Crippen LogP contribution in [-0.2, 0) is 9.53 Å². The molecule has 0 aliphatic carbocycles. The first kappa shape index (κ1) is 16.5. The van der Waals surface area contributed by atoms with Gasteiger partial charge in [-0.1, -0.05) is 0 Å². The Balaban J connectivity index is 2.59. The van der Waals surface area contributed by atoms with Crippen LogP contribution in [0.15, 0.2) is 24.3 Å². The first-order valence-corrected chi connectivity index (χ1v) is 6.21. The van der Waals surface area contributed by atoms with E-state index < -0.39 is 24.3 Å². The third-order valence-corrected chi connectivity index (χ3v) is 2.13. The zero-order valence-electron chi connectivity index (χ0n) is 12.1. The van der Waals surface area contributed by atoms with E-state index in [-0.39, 0.29) is 5.84 Å². The summed E-state index contributed by atoms with van der Waals surface area (Å²) in [4.78, 5) is 21.9. The highest BCUT2D eigenvalue weighted by atomic mass is 16.6.